The number of likely N-dealkylation sites (N-methyl/N-ethyl adjacent to an activating group) is 1. The Hall–Kier alpha value is -1.69. The van der Waals surface area contributed by atoms with E-state index in [9.17, 15) is 9.59 Å². The Bertz CT molecular complexity index is 534. The first-order valence-corrected chi connectivity index (χ1v) is 6.59. The number of aromatic nitrogens is 2. The molecule has 6 heteroatoms. The van der Waals surface area contributed by atoms with Crippen LogP contribution in [0.3, 0.4) is 0 Å². The molecule has 0 saturated heterocycles. The van der Waals surface area contributed by atoms with E-state index in [1.165, 1.54) is 4.90 Å². The molecule has 104 valence electrons. The number of aromatic amines is 1. The number of aliphatic hydroxyl groups is 1. The fourth-order valence-corrected chi connectivity index (χ4v) is 2.09. The third-order valence-corrected chi connectivity index (χ3v) is 3.34. The maximum Gasteiger partial charge on any atom is 0.264 e. The SMILES string of the molecule is CCN(CCO)C(=O)c1c(C)nc(C2CC2)[nH]c1=O. The lowest BCUT2D eigenvalue weighted by molar-refractivity contribution is 0.0728. The lowest BCUT2D eigenvalue weighted by Crippen LogP contribution is -2.37. The van der Waals surface area contributed by atoms with Gasteiger partial charge in [-0.15, -0.1) is 0 Å². The highest BCUT2D eigenvalue weighted by Gasteiger charge is 2.28. The molecule has 1 amide bonds. The van der Waals surface area contributed by atoms with Gasteiger partial charge in [0.05, 0.1) is 12.3 Å². The van der Waals surface area contributed by atoms with Crippen LogP contribution in [0, 0.1) is 6.92 Å². The zero-order valence-corrected chi connectivity index (χ0v) is 11.3. The quantitative estimate of drug-likeness (QED) is 0.807. The number of amides is 1. The first-order valence-electron chi connectivity index (χ1n) is 6.59. The Kier molecular flexibility index (Phi) is 3.99. The average Bonchev–Trinajstić information content (AvgIpc) is 3.18. The van der Waals surface area contributed by atoms with Crippen molar-refractivity contribution in [3.63, 3.8) is 0 Å². The Morgan fingerprint density at radius 1 is 1.53 bits per heavy atom. The number of rotatable bonds is 5. The highest BCUT2D eigenvalue weighted by atomic mass is 16.3. The molecule has 0 bridgehead atoms. The summed E-state index contributed by atoms with van der Waals surface area (Å²) in [5.74, 6) is 0.657. The van der Waals surface area contributed by atoms with Crippen molar-refractivity contribution < 1.29 is 9.90 Å². The van der Waals surface area contributed by atoms with Crippen LogP contribution >= 0.6 is 0 Å². The monoisotopic (exact) mass is 265 g/mol. The molecule has 1 aromatic rings. The van der Waals surface area contributed by atoms with Gasteiger partial charge in [0.25, 0.3) is 11.5 Å². The van der Waals surface area contributed by atoms with Crippen molar-refractivity contribution in [2.24, 2.45) is 0 Å². The second-order valence-electron chi connectivity index (χ2n) is 4.79. The van der Waals surface area contributed by atoms with Crippen molar-refractivity contribution in [1.29, 1.82) is 0 Å². The predicted molar refractivity (Wildman–Crippen MR) is 70.2 cm³/mol. The van der Waals surface area contributed by atoms with E-state index in [1.807, 2.05) is 6.92 Å². The van der Waals surface area contributed by atoms with Gasteiger partial charge in [-0.05, 0) is 26.7 Å². The molecule has 0 spiro atoms. The van der Waals surface area contributed by atoms with Gasteiger partial charge in [-0.3, -0.25) is 9.59 Å². The van der Waals surface area contributed by atoms with Crippen LogP contribution in [0.2, 0.25) is 0 Å². The van der Waals surface area contributed by atoms with Crippen LogP contribution < -0.4 is 5.56 Å². The van der Waals surface area contributed by atoms with Crippen molar-refractivity contribution in [1.82, 2.24) is 14.9 Å². The molecule has 6 nitrogen and oxygen atoms in total. The second kappa shape index (κ2) is 5.52. The van der Waals surface area contributed by atoms with E-state index in [-0.39, 0.29) is 30.2 Å². The van der Waals surface area contributed by atoms with Gasteiger partial charge in [-0.2, -0.15) is 0 Å². The van der Waals surface area contributed by atoms with Crippen molar-refractivity contribution in [3.05, 3.63) is 27.4 Å². The molecule has 0 atom stereocenters. The zero-order valence-electron chi connectivity index (χ0n) is 11.3. The molecule has 1 aliphatic rings. The highest BCUT2D eigenvalue weighted by Crippen LogP contribution is 2.37. The number of carbonyl (C=O) groups excluding carboxylic acids is 1. The zero-order chi connectivity index (χ0) is 14.0. The van der Waals surface area contributed by atoms with Crippen LogP contribution in [0.4, 0.5) is 0 Å². The standard InChI is InChI=1S/C13H19N3O3/c1-3-16(6-7-17)13(19)10-8(2)14-11(9-4-5-9)15-12(10)18/h9,17H,3-7H2,1-2H3,(H,14,15,18). The van der Waals surface area contributed by atoms with Gasteiger partial charge >= 0.3 is 0 Å². The minimum atomic E-state index is -0.379. The van der Waals surface area contributed by atoms with Crippen molar-refractivity contribution in [2.75, 3.05) is 19.7 Å². The van der Waals surface area contributed by atoms with Crippen molar-refractivity contribution in [2.45, 2.75) is 32.6 Å². The van der Waals surface area contributed by atoms with Crippen LogP contribution in [0.15, 0.2) is 4.79 Å². The van der Waals surface area contributed by atoms with E-state index in [2.05, 4.69) is 9.97 Å². The third kappa shape index (κ3) is 2.84. The summed E-state index contributed by atoms with van der Waals surface area (Å²) in [6, 6.07) is 0. The number of hydrogen-bond acceptors (Lipinski definition) is 4. The van der Waals surface area contributed by atoms with Gasteiger partial charge in [-0.25, -0.2) is 4.98 Å². The molecule has 0 unspecified atom stereocenters. The molecule has 1 aromatic heterocycles. The smallest absolute Gasteiger partial charge is 0.264 e. The summed E-state index contributed by atoms with van der Waals surface area (Å²) in [6.07, 6.45) is 2.09. The van der Waals surface area contributed by atoms with Gasteiger partial charge in [0.15, 0.2) is 0 Å². The number of nitrogens with one attached hydrogen (secondary N) is 1. The molecule has 1 saturated carbocycles. The van der Waals surface area contributed by atoms with E-state index in [0.29, 0.717) is 24.0 Å². The summed E-state index contributed by atoms with van der Waals surface area (Å²) < 4.78 is 0. The molecule has 2 N–H and O–H groups in total. The van der Waals surface area contributed by atoms with E-state index >= 15 is 0 Å². The lowest BCUT2D eigenvalue weighted by Gasteiger charge is -2.20. The fraction of sp³-hybridized carbons (Fsp3) is 0.615. The second-order valence-corrected chi connectivity index (χ2v) is 4.79. The summed E-state index contributed by atoms with van der Waals surface area (Å²) in [6.45, 7) is 4.04. The Morgan fingerprint density at radius 3 is 2.68 bits per heavy atom. The fourth-order valence-electron chi connectivity index (χ4n) is 2.09. The highest BCUT2D eigenvalue weighted by molar-refractivity contribution is 5.94. The molecule has 0 aliphatic heterocycles. The van der Waals surface area contributed by atoms with Gasteiger partial charge < -0.3 is 15.0 Å². The number of hydrogen-bond donors (Lipinski definition) is 2. The lowest BCUT2D eigenvalue weighted by atomic mass is 10.2. The minimum Gasteiger partial charge on any atom is -0.395 e. The molecule has 0 radical (unpaired) electrons. The van der Waals surface area contributed by atoms with E-state index < -0.39 is 0 Å². The molecule has 19 heavy (non-hydrogen) atoms. The molecule has 1 fully saturated rings. The summed E-state index contributed by atoms with van der Waals surface area (Å²) in [7, 11) is 0. The van der Waals surface area contributed by atoms with Crippen LogP contribution in [0.5, 0.6) is 0 Å². The maximum atomic E-state index is 12.3. The van der Waals surface area contributed by atoms with Crippen LogP contribution in [0.1, 0.15) is 47.6 Å². The van der Waals surface area contributed by atoms with Crippen molar-refractivity contribution >= 4 is 5.91 Å². The minimum absolute atomic E-state index is 0.0831. The molecule has 1 heterocycles. The van der Waals surface area contributed by atoms with E-state index in [0.717, 1.165) is 12.8 Å². The summed E-state index contributed by atoms with van der Waals surface area (Å²) in [4.78, 5) is 32.8. The Morgan fingerprint density at radius 2 is 2.21 bits per heavy atom. The van der Waals surface area contributed by atoms with Crippen molar-refractivity contribution in [3.8, 4) is 0 Å². The first-order chi connectivity index (χ1) is 9.08. The topological polar surface area (TPSA) is 86.3 Å². The summed E-state index contributed by atoms with van der Waals surface area (Å²) in [5, 5.41) is 8.93. The Labute approximate surface area is 111 Å². The van der Waals surface area contributed by atoms with E-state index in [1.54, 1.807) is 6.92 Å². The number of aliphatic hydroxyl groups excluding tert-OH is 1. The molecule has 2 rings (SSSR count). The average molecular weight is 265 g/mol. The van der Waals surface area contributed by atoms with Gasteiger partial charge in [0.2, 0.25) is 0 Å². The van der Waals surface area contributed by atoms with E-state index in [4.69, 9.17) is 5.11 Å². The summed E-state index contributed by atoms with van der Waals surface area (Å²) in [5.41, 5.74) is 0.169. The first kappa shape index (κ1) is 13.7. The number of carbonyl (C=O) groups is 1. The molecular weight excluding hydrogens is 246 g/mol. The predicted octanol–water partition coefficient (Wildman–Crippen LogP) is 0.410. The molecule has 0 aromatic carbocycles. The van der Waals surface area contributed by atoms with Gasteiger partial charge in [0.1, 0.15) is 11.4 Å². The number of H-pyrrole nitrogens is 1. The van der Waals surface area contributed by atoms with Crippen LogP contribution in [0.25, 0.3) is 0 Å². The Balaban J connectivity index is 2.33. The van der Waals surface area contributed by atoms with Crippen LogP contribution in [-0.4, -0.2) is 45.6 Å². The molecule has 1 aliphatic carbocycles. The van der Waals surface area contributed by atoms with Crippen LogP contribution in [-0.2, 0) is 0 Å². The molecular formula is C13H19N3O3. The summed E-state index contributed by atoms with van der Waals surface area (Å²) >= 11 is 0. The third-order valence-electron chi connectivity index (χ3n) is 3.34. The number of aryl methyl sites for hydroxylation is 1. The largest absolute Gasteiger partial charge is 0.395 e. The number of nitrogens with zero attached hydrogens (tertiary/aromatic N) is 2. The van der Waals surface area contributed by atoms with Gasteiger partial charge in [0, 0.05) is 19.0 Å². The normalized spacial score (nSPS) is 14.5. The van der Waals surface area contributed by atoms with Gasteiger partial charge in [-0.1, -0.05) is 0 Å². The maximum absolute atomic E-state index is 12.3.